The number of rotatable bonds is 7. The fourth-order valence-electron chi connectivity index (χ4n) is 5.31. The molecule has 1 atom stereocenters. The molecule has 1 aromatic carbocycles. The Morgan fingerprint density at radius 1 is 1.13 bits per heavy atom. The zero-order chi connectivity index (χ0) is 27.8. The highest BCUT2D eigenvalue weighted by atomic mass is 32.2. The number of methoxy groups -OCH3 is 1. The van der Waals surface area contributed by atoms with Gasteiger partial charge < -0.3 is 24.8 Å². The van der Waals surface area contributed by atoms with E-state index in [2.05, 4.69) is 68.5 Å². The van der Waals surface area contributed by atoms with E-state index in [-0.39, 0.29) is 5.41 Å². The van der Waals surface area contributed by atoms with Crippen molar-refractivity contribution in [1.29, 1.82) is 0 Å². The molecule has 0 radical (unpaired) electrons. The second-order valence-corrected chi connectivity index (χ2v) is 13.6. The highest BCUT2D eigenvalue weighted by Gasteiger charge is 2.42. The van der Waals surface area contributed by atoms with Crippen LogP contribution in [0.4, 0.5) is 34.8 Å². The van der Waals surface area contributed by atoms with Gasteiger partial charge in [0.05, 0.1) is 6.61 Å². The third-order valence-corrected chi connectivity index (χ3v) is 7.88. The van der Waals surface area contributed by atoms with Crippen molar-refractivity contribution in [2.24, 2.45) is 4.36 Å². The van der Waals surface area contributed by atoms with Crippen LogP contribution in [0.1, 0.15) is 18.1 Å². The first kappa shape index (κ1) is 27.3. The zero-order valence-electron chi connectivity index (χ0n) is 23.6. The lowest BCUT2D eigenvalue weighted by atomic mass is 9.87. The summed E-state index contributed by atoms with van der Waals surface area (Å²) in [7, 11) is 1.54. The molecule has 3 aromatic rings. The van der Waals surface area contributed by atoms with E-state index in [9.17, 15) is 4.21 Å². The molecule has 2 aromatic heterocycles. The van der Waals surface area contributed by atoms with Gasteiger partial charge in [-0.25, -0.2) is 14.2 Å². The van der Waals surface area contributed by atoms with Gasteiger partial charge in [0.2, 0.25) is 5.95 Å². The monoisotopic (exact) mass is 550 g/mol. The van der Waals surface area contributed by atoms with Crippen LogP contribution in [0.15, 0.2) is 47.0 Å². The zero-order valence-corrected chi connectivity index (χ0v) is 24.5. The van der Waals surface area contributed by atoms with Gasteiger partial charge in [0, 0.05) is 90.6 Å². The number of pyridine rings is 1. The van der Waals surface area contributed by atoms with Crippen molar-refractivity contribution in [3.8, 4) is 0 Å². The molecule has 5 rings (SSSR count). The van der Waals surface area contributed by atoms with E-state index in [0.29, 0.717) is 30.7 Å². The van der Waals surface area contributed by atoms with E-state index in [1.165, 1.54) is 11.3 Å². The maximum Gasteiger partial charge on any atom is 0.229 e. The fraction of sp³-hybridized carbons (Fsp3) is 0.464. The number of piperazine rings is 1. The molecule has 10 nitrogen and oxygen atoms in total. The number of aryl methyl sites for hydroxylation is 1. The molecular weight excluding hydrogens is 512 g/mol. The lowest BCUT2D eigenvalue weighted by Crippen LogP contribution is -2.44. The van der Waals surface area contributed by atoms with Gasteiger partial charge in [-0.1, -0.05) is 13.0 Å². The van der Waals surface area contributed by atoms with Crippen molar-refractivity contribution in [3.05, 3.63) is 53.7 Å². The summed E-state index contributed by atoms with van der Waals surface area (Å²) in [6.45, 7) is 9.64. The highest BCUT2D eigenvalue weighted by Crippen LogP contribution is 2.43. The van der Waals surface area contributed by atoms with Gasteiger partial charge in [0.25, 0.3) is 0 Å². The number of hydrogen-bond donors (Lipinski definition) is 1. The lowest BCUT2D eigenvalue weighted by Gasteiger charge is -2.35. The Labute approximate surface area is 231 Å². The first-order valence-electron chi connectivity index (χ1n) is 13.1. The average molecular weight is 551 g/mol. The van der Waals surface area contributed by atoms with Crippen molar-refractivity contribution < 1.29 is 8.95 Å². The minimum atomic E-state index is -2.33. The van der Waals surface area contributed by atoms with Crippen LogP contribution in [0.3, 0.4) is 0 Å². The smallest absolute Gasteiger partial charge is 0.229 e. The molecule has 0 amide bonds. The minimum Gasteiger partial charge on any atom is -0.384 e. The molecule has 1 N–H and O–H groups in total. The summed E-state index contributed by atoms with van der Waals surface area (Å²) in [6, 6.07) is 12.0. The molecule has 39 heavy (non-hydrogen) atoms. The predicted octanol–water partition coefficient (Wildman–Crippen LogP) is 4.09. The van der Waals surface area contributed by atoms with Gasteiger partial charge in [0.15, 0.2) is 5.82 Å². The molecule has 2 aliphatic rings. The number of ether oxygens (including phenoxy) is 1. The number of likely N-dealkylation sites (N-methyl/N-ethyl adjacent to an activating group) is 1. The van der Waals surface area contributed by atoms with Crippen molar-refractivity contribution in [3.63, 3.8) is 0 Å². The van der Waals surface area contributed by atoms with Crippen LogP contribution < -0.4 is 15.1 Å². The Morgan fingerprint density at radius 2 is 1.90 bits per heavy atom. The number of fused-ring (bicyclic) bond motifs is 1. The second-order valence-electron chi connectivity index (χ2n) is 11.1. The van der Waals surface area contributed by atoms with E-state index in [0.717, 1.165) is 43.2 Å². The van der Waals surface area contributed by atoms with Gasteiger partial charge in [0.1, 0.15) is 11.6 Å². The SMILES string of the molecule is COC[C@@]1(C)CN(c2cccc(N=S(C)(C)=O)n2)c2nc(Nc3ccc(N4CCN(C)CC4)c(C)c3)ncc21. The maximum absolute atomic E-state index is 12.3. The standard InChI is InChI=1S/C28H38N8O2S/c1-20-16-21(10-11-23(20)35-14-12-34(3)13-15-35)30-27-29-17-22-26(32-27)36(18-28(22,2)19-38-4)25-9-7-8-24(31-25)33-39(5,6)37/h7-11,16-17H,12-15,18-19H2,1-6H3,(H,29,30,32)/t28-/m1/s1. The molecule has 4 heterocycles. The van der Waals surface area contributed by atoms with Crippen molar-refractivity contribution in [2.75, 3.05) is 81.1 Å². The van der Waals surface area contributed by atoms with Gasteiger partial charge in [-0.15, -0.1) is 0 Å². The predicted molar refractivity (Wildman–Crippen MR) is 159 cm³/mol. The number of nitrogens with one attached hydrogen (secondary N) is 1. The molecule has 0 saturated carbocycles. The lowest BCUT2D eigenvalue weighted by molar-refractivity contribution is 0.145. The summed E-state index contributed by atoms with van der Waals surface area (Å²) < 4.78 is 22.1. The van der Waals surface area contributed by atoms with Gasteiger partial charge >= 0.3 is 0 Å². The Hall–Kier alpha value is -3.28. The third-order valence-electron chi connectivity index (χ3n) is 7.25. The largest absolute Gasteiger partial charge is 0.384 e. The maximum atomic E-state index is 12.3. The van der Waals surface area contributed by atoms with Crippen molar-refractivity contribution in [2.45, 2.75) is 19.3 Å². The first-order valence-corrected chi connectivity index (χ1v) is 15.5. The molecule has 0 unspecified atom stereocenters. The molecule has 0 aliphatic carbocycles. The van der Waals surface area contributed by atoms with Crippen LogP contribution in [-0.2, 0) is 19.9 Å². The number of benzene rings is 1. The Morgan fingerprint density at radius 3 is 2.59 bits per heavy atom. The number of nitrogens with zero attached hydrogens (tertiary/aromatic N) is 7. The van der Waals surface area contributed by atoms with Crippen molar-refractivity contribution >= 4 is 44.5 Å². The summed E-state index contributed by atoms with van der Waals surface area (Å²) in [5, 5.41) is 3.40. The van der Waals surface area contributed by atoms with Gasteiger partial charge in [-0.2, -0.15) is 9.35 Å². The topological polar surface area (TPSA) is 99.1 Å². The van der Waals surface area contributed by atoms with E-state index in [4.69, 9.17) is 14.7 Å². The summed E-state index contributed by atoms with van der Waals surface area (Å²) in [4.78, 5) is 21.2. The molecule has 208 valence electrons. The molecule has 11 heteroatoms. The normalized spacial score (nSPS) is 19.7. The second kappa shape index (κ2) is 10.7. The van der Waals surface area contributed by atoms with E-state index in [1.807, 2.05) is 18.3 Å². The summed E-state index contributed by atoms with van der Waals surface area (Å²) in [5.41, 5.74) is 4.10. The summed E-state index contributed by atoms with van der Waals surface area (Å²) in [6.07, 6.45) is 5.09. The molecule has 2 aliphatic heterocycles. The van der Waals surface area contributed by atoms with Gasteiger partial charge in [-0.3, -0.25) is 0 Å². The van der Waals surface area contributed by atoms with Gasteiger partial charge in [-0.05, 0) is 49.9 Å². The first-order chi connectivity index (χ1) is 18.5. The Bertz CT molecular complexity index is 1470. The van der Waals surface area contributed by atoms with Crippen LogP contribution in [-0.4, -0.2) is 90.1 Å². The van der Waals surface area contributed by atoms with Crippen LogP contribution in [0.2, 0.25) is 0 Å². The highest BCUT2D eigenvalue weighted by molar-refractivity contribution is 7.92. The number of anilines is 5. The van der Waals surface area contributed by atoms with Crippen molar-refractivity contribution in [1.82, 2.24) is 19.9 Å². The third kappa shape index (κ3) is 6.00. The van der Waals surface area contributed by atoms with Crippen LogP contribution in [0.25, 0.3) is 0 Å². The fourth-order valence-corrected chi connectivity index (χ4v) is 5.86. The summed E-state index contributed by atoms with van der Waals surface area (Å²) >= 11 is 0. The van der Waals surface area contributed by atoms with Crippen LogP contribution in [0.5, 0.6) is 0 Å². The Kier molecular flexibility index (Phi) is 7.49. The van der Waals surface area contributed by atoms with E-state index >= 15 is 0 Å². The minimum absolute atomic E-state index is 0.318. The Balaban J connectivity index is 1.45. The average Bonchev–Trinajstić information content (AvgIpc) is 3.16. The summed E-state index contributed by atoms with van der Waals surface area (Å²) in [5.74, 6) is 2.42. The number of hydrogen-bond acceptors (Lipinski definition) is 10. The van der Waals surface area contributed by atoms with E-state index in [1.54, 1.807) is 25.7 Å². The molecule has 1 fully saturated rings. The molecule has 0 bridgehead atoms. The van der Waals surface area contributed by atoms with Crippen LogP contribution in [0, 0.1) is 6.92 Å². The molecule has 1 saturated heterocycles. The number of aromatic nitrogens is 3. The molecular formula is C28H38N8O2S. The van der Waals surface area contributed by atoms with E-state index < -0.39 is 9.73 Å². The van der Waals surface area contributed by atoms with Crippen LogP contribution >= 0.6 is 0 Å². The quantitative estimate of drug-likeness (QED) is 0.466. The molecule has 0 spiro atoms.